The maximum Gasteiger partial charge on any atom is 0.326 e. The number of para-hydroxylation sites is 1. The average molecular weight is 383 g/mol. The number of rotatable bonds is 3. The molecule has 0 saturated carbocycles. The monoisotopic (exact) mass is 382 g/mol. The van der Waals surface area contributed by atoms with Crippen LogP contribution in [0.15, 0.2) is 60.7 Å². The standard InChI is InChI=1S/C22H20ClO2P/c1-14(2)18-13-19(23)15(3)12-21(18)25-26-22-11-7-5-9-17(22)16-8-4-6-10-20(16)24-26/h4-14H,1-3H3. The summed E-state index contributed by atoms with van der Waals surface area (Å²) < 4.78 is 12.7. The summed E-state index contributed by atoms with van der Waals surface area (Å²) in [7, 11) is -1.26. The molecule has 0 N–H and O–H groups in total. The van der Waals surface area contributed by atoms with Gasteiger partial charge in [-0.25, -0.2) is 0 Å². The lowest BCUT2D eigenvalue weighted by Gasteiger charge is -2.28. The van der Waals surface area contributed by atoms with E-state index in [4.69, 9.17) is 20.6 Å². The average Bonchev–Trinajstić information content (AvgIpc) is 2.64. The molecule has 0 amide bonds. The summed E-state index contributed by atoms with van der Waals surface area (Å²) in [4.78, 5) is 0. The molecule has 0 spiro atoms. The Kier molecular flexibility index (Phi) is 4.65. The SMILES string of the molecule is Cc1cc(OP2Oc3ccccc3-c3ccccc32)c(C(C)C)cc1Cl. The largest absolute Gasteiger partial charge is 0.435 e. The summed E-state index contributed by atoms with van der Waals surface area (Å²) in [5.41, 5.74) is 4.40. The molecule has 4 rings (SSSR count). The van der Waals surface area contributed by atoms with Crippen LogP contribution in [-0.2, 0) is 0 Å². The van der Waals surface area contributed by atoms with E-state index in [-0.39, 0.29) is 0 Å². The first-order valence-corrected chi connectivity index (χ1v) is 10.2. The van der Waals surface area contributed by atoms with Gasteiger partial charge < -0.3 is 9.05 Å². The molecule has 0 fully saturated rings. The second-order valence-electron chi connectivity index (χ2n) is 6.75. The van der Waals surface area contributed by atoms with Crippen LogP contribution >= 0.6 is 20.0 Å². The fraction of sp³-hybridized carbons (Fsp3) is 0.182. The van der Waals surface area contributed by atoms with Crippen LogP contribution in [0, 0.1) is 6.92 Å². The smallest absolute Gasteiger partial charge is 0.326 e. The third-order valence-electron chi connectivity index (χ3n) is 4.55. The third kappa shape index (κ3) is 3.09. The van der Waals surface area contributed by atoms with Crippen molar-refractivity contribution < 1.29 is 9.05 Å². The van der Waals surface area contributed by atoms with Crippen molar-refractivity contribution in [2.24, 2.45) is 0 Å². The van der Waals surface area contributed by atoms with E-state index in [1.54, 1.807) is 0 Å². The van der Waals surface area contributed by atoms with E-state index in [0.717, 1.165) is 38.5 Å². The van der Waals surface area contributed by atoms with Crippen LogP contribution in [0.3, 0.4) is 0 Å². The van der Waals surface area contributed by atoms with E-state index < -0.39 is 8.38 Å². The van der Waals surface area contributed by atoms with E-state index in [9.17, 15) is 0 Å². The Hall–Kier alpha value is -2.02. The maximum absolute atomic E-state index is 6.45. The molecule has 0 saturated heterocycles. The number of halogens is 1. The molecule has 1 unspecified atom stereocenters. The first kappa shape index (κ1) is 17.4. The zero-order valence-corrected chi connectivity index (χ0v) is 16.6. The molecule has 132 valence electrons. The van der Waals surface area contributed by atoms with Crippen molar-refractivity contribution in [1.29, 1.82) is 0 Å². The fourth-order valence-corrected chi connectivity index (χ4v) is 4.81. The second kappa shape index (κ2) is 6.95. The summed E-state index contributed by atoms with van der Waals surface area (Å²) in [6.45, 7) is 6.29. The molecule has 1 atom stereocenters. The van der Waals surface area contributed by atoms with Gasteiger partial charge in [-0.15, -0.1) is 0 Å². The van der Waals surface area contributed by atoms with Crippen molar-refractivity contribution in [3.8, 4) is 22.6 Å². The Bertz CT molecular complexity index is 968. The summed E-state index contributed by atoms with van der Waals surface area (Å²) in [5, 5.41) is 1.87. The number of benzene rings is 3. The highest BCUT2D eigenvalue weighted by molar-refractivity contribution is 7.57. The molecule has 26 heavy (non-hydrogen) atoms. The Morgan fingerprint density at radius 3 is 2.42 bits per heavy atom. The summed E-state index contributed by atoms with van der Waals surface area (Å²) in [6, 6.07) is 20.5. The normalized spacial score (nSPS) is 15.2. The van der Waals surface area contributed by atoms with Gasteiger partial charge in [0.15, 0.2) is 0 Å². The zero-order chi connectivity index (χ0) is 18.3. The lowest BCUT2D eigenvalue weighted by atomic mass is 10.0. The van der Waals surface area contributed by atoms with Gasteiger partial charge in [0.25, 0.3) is 0 Å². The van der Waals surface area contributed by atoms with Gasteiger partial charge in [0.2, 0.25) is 0 Å². The van der Waals surface area contributed by atoms with Gasteiger partial charge in [0.1, 0.15) is 11.5 Å². The van der Waals surface area contributed by atoms with Gasteiger partial charge >= 0.3 is 8.38 Å². The molecule has 1 heterocycles. The quantitative estimate of drug-likeness (QED) is 0.461. The number of fused-ring (bicyclic) bond motifs is 3. The molecule has 3 aromatic rings. The Morgan fingerprint density at radius 1 is 0.962 bits per heavy atom. The Balaban J connectivity index is 1.78. The molecule has 0 aromatic heterocycles. The minimum atomic E-state index is -1.26. The molecule has 0 bridgehead atoms. The van der Waals surface area contributed by atoms with Crippen molar-refractivity contribution >= 4 is 25.3 Å². The predicted molar refractivity (Wildman–Crippen MR) is 110 cm³/mol. The zero-order valence-electron chi connectivity index (χ0n) is 15.0. The molecule has 0 radical (unpaired) electrons. The van der Waals surface area contributed by atoms with E-state index in [1.807, 2.05) is 43.3 Å². The number of hydrogen-bond acceptors (Lipinski definition) is 2. The molecule has 2 nitrogen and oxygen atoms in total. The molecular formula is C22H20ClO2P. The van der Waals surface area contributed by atoms with Crippen molar-refractivity contribution in [3.05, 3.63) is 76.8 Å². The van der Waals surface area contributed by atoms with E-state index in [0.29, 0.717) is 5.92 Å². The highest BCUT2D eigenvalue weighted by atomic mass is 35.5. The van der Waals surface area contributed by atoms with Crippen LogP contribution in [0.2, 0.25) is 5.02 Å². The second-order valence-corrected chi connectivity index (χ2v) is 8.52. The first-order chi connectivity index (χ1) is 12.5. The van der Waals surface area contributed by atoms with Crippen LogP contribution < -0.4 is 14.4 Å². The van der Waals surface area contributed by atoms with Gasteiger partial charge in [-0.05, 0) is 53.8 Å². The fourth-order valence-electron chi connectivity index (χ4n) is 3.13. The van der Waals surface area contributed by atoms with Gasteiger partial charge in [-0.2, -0.15) is 0 Å². The summed E-state index contributed by atoms with van der Waals surface area (Å²) >= 11 is 6.34. The van der Waals surface area contributed by atoms with Crippen molar-refractivity contribution in [2.75, 3.05) is 0 Å². The van der Waals surface area contributed by atoms with Crippen LogP contribution in [0.1, 0.15) is 30.9 Å². The van der Waals surface area contributed by atoms with Gasteiger partial charge in [0, 0.05) is 10.6 Å². The summed E-state index contributed by atoms with van der Waals surface area (Å²) in [5.74, 6) is 2.03. The number of aryl methyl sites for hydroxylation is 1. The van der Waals surface area contributed by atoms with E-state index >= 15 is 0 Å². The van der Waals surface area contributed by atoms with Crippen molar-refractivity contribution in [2.45, 2.75) is 26.7 Å². The maximum atomic E-state index is 6.45. The predicted octanol–water partition coefficient (Wildman–Crippen LogP) is 6.85. The van der Waals surface area contributed by atoms with Crippen molar-refractivity contribution in [1.82, 2.24) is 0 Å². The van der Waals surface area contributed by atoms with Gasteiger partial charge in [-0.1, -0.05) is 61.8 Å². The molecule has 4 heteroatoms. The highest BCUT2D eigenvalue weighted by Gasteiger charge is 2.29. The molecule has 3 aromatic carbocycles. The lowest BCUT2D eigenvalue weighted by Crippen LogP contribution is -2.17. The lowest BCUT2D eigenvalue weighted by molar-refractivity contribution is 0.494. The van der Waals surface area contributed by atoms with E-state index in [2.05, 4.69) is 38.1 Å². The first-order valence-electron chi connectivity index (χ1n) is 8.69. The van der Waals surface area contributed by atoms with Gasteiger partial charge in [-0.3, -0.25) is 0 Å². The number of hydrogen-bond donors (Lipinski definition) is 0. The highest BCUT2D eigenvalue weighted by Crippen LogP contribution is 2.50. The molecule has 1 aliphatic rings. The summed E-state index contributed by atoms with van der Waals surface area (Å²) in [6.07, 6.45) is 0. The van der Waals surface area contributed by atoms with Crippen LogP contribution in [-0.4, -0.2) is 0 Å². The van der Waals surface area contributed by atoms with Crippen molar-refractivity contribution in [3.63, 3.8) is 0 Å². The Labute approximate surface area is 160 Å². The minimum Gasteiger partial charge on any atom is -0.435 e. The molecular weight excluding hydrogens is 363 g/mol. The van der Waals surface area contributed by atoms with Crippen LogP contribution in [0.4, 0.5) is 0 Å². The Morgan fingerprint density at radius 2 is 1.65 bits per heavy atom. The van der Waals surface area contributed by atoms with Gasteiger partial charge in [0.05, 0.1) is 5.30 Å². The molecule has 1 aliphatic heterocycles. The molecule has 0 aliphatic carbocycles. The van der Waals surface area contributed by atoms with E-state index in [1.165, 1.54) is 5.56 Å². The third-order valence-corrected chi connectivity index (χ3v) is 6.47. The van der Waals surface area contributed by atoms with Crippen LogP contribution in [0.25, 0.3) is 11.1 Å². The van der Waals surface area contributed by atoms with Crippen LogP contribution in [0.5, 0.6) is 11.5 Å². The minimum absolute atomic E-state index is 0.311. The topological polar surface area (TPSA) is 18.5 Å².